The molecule has 1 atom stereocenters. The number of hydrogen-bond acceptors (Lipinski definition) is 2. The number of nitrogens with zero attached hydrogens (tertiary/aromatic N) is 1. The van der Waals surface area contributed by atoms with Crippen LogP contribution in [-0.4, -0.2) is 35.2 Å². The molecule has 0 bridgehead atoms. The van der Waals surface area contributed by atoms with Gasteiger partial charge in [0.25, 0.3) is 0 Å². The van der Waals surface area contributed by atoms with Crippen LogP contribution in [0, 0.1) is 11.8 Å². The molecule has 1 heterocycles. The molecule has 0 radical (unpaired) electrons. The van der Waals surface area contributed by atoms with Crippen molar-refractivity contribution in [2.75, 3.05) is 19.6 Å². The molecule has 0 aromatic rings. The highest BCUT2D eigenvalue weighted by Gasteiger charge is 2.22. The maximum absolute atomic E-state index is 9.59. The fraction of sp³-hybridized carbons (Fsp3) is 0.778. The van der Waals surface area contributed by atoms with Crippen molar-refractivity contribution in [2.24, 2.45) is 0 Å². The van der Waals surface area contributed by atoms with Crippen LogP contribution < -0.4 is 0 Å². The van der Waals surface area contributed by atoms with Crippen LogP contribution in [0.15, 0.2) is 0 Å². The Labute approximate surface area is 68.2 Å². The van der Waals surface area contributed by atoms with E-state index in [-0.39, 0.29) is 0 Å². The van der Waals surface area contributed by atoms with Crippen LogP contribution in [0.2, 0.25) is 0 Å². The lowest BCUT2D eigenvalue weighted by atomic mass is 10.0. The van der Waals surface area contributed by atoms with Crippen molar-refractivity contribution in [1.82, 2.24) is 4.90 Å². The summed E-state index contributed by atoms with van der Waals surface area (Å²) in [4.78, 5) is 2.28. The van der Waals surface area contributed by atoms with Gasteiger partial charge >= 0.3 is 0 Å². The van der Waals surface area contributed by atoms with E-state index in [4.69, 9.17) is 0 Å². The van der Waals surface area contributed by atoms with Gasteiger partial charge in [0.15, 0.2) is 0 Å². The van der Waals surface area contributed by atoms with E-state index >= 15 is 0 Å². The first-order valence-electron chi connectivity index (χ1n) is 4.03. The molecule has 1 N–H and O–H groups in total. The Morgan fingerprint density at radius 2 is 2.18 bits per heavy atom. The van der Waals surface area contributed by atoms with Gasteiger partial charge in [0.1, 0.15) is 5.60 Å². The van der Waals surface area contributed by atoms with Crippen LogP contribution in [-0.2, 0) is 0 Å². The van der Waals surface area contributed by atoms with Gasteiger partial charge in [0.05, 0.1) is 0 Å². The summed E-state index contributed by atoms with van der Waals surface area (Å²) < 4.78 is 0. The minimum atomic E-state index is -0.780. The quantitative estimate of drug-likeness (QED) is 0.470. The monoisotopic (exact) mass is 153 g/mol. The van der Waals surface area contributed by atoms with E-state index in [0.717, 1.165) is 13.0 Å². The molecule has 11 heavy (non-hydrogen) atoms. The predicted octanol–water partition coefficient (Wildman–Crippen LogP) is 0.466. The molecule has 1 aliphatic heterocycles. The van der Waals surface area contributed by atoms with E-state index in [1.807, 2.05) is 0 Å². The molecule has 1 fully saturated rings. The van der Waals surface area contributed by atoms with Gasteiger partial charge in [-0.2, -0.15) is 0 Å². The van der Waals surface area contributed by atoms with Crippen molar-refractivity contribution in [3.63, 3.8) is 0 Å². The molecule has 1 aliphatic rings. The fourth-order valence-corrected chi connectivity index (χ4v) is 1.00. The van der Waals surface area contributed by atoms with Gasteiger partial charge in [0.2, 0.25) is 0 Å². The lowest BCUT2D eigenvalue weighted by Crippen LogP contribution is -2.24. The van der Waals surface area contributed by atoms with E-state index in [9.17, 15) is 5.11 Å². The van der Waals surface area contributed by atoms with Crippen molar-refractivity contribution in [1.29, 1.82) is 0 Å². The Bertz CT molecular complexity index is 183. The summed E-state index contributed by atoms with van der Waals surface area (Å²) in [7, 11) is 0. The molecule has 0 saturated carbocycles. The first-order valence-corrected chi connectivity index (χ1v) is 4.03. The maximum atomic E-state index is 9.59. The summed E-state index contributed by atoms with van der Waals surface area (Å²) in [5.41, 5.74) is -0.780. The Morgan fingerprint density at radius 3 is 2.64 bits per heavy atom. The number of hydrogen-bond donors (Lipinski definition) is 1. The molecular formula is C9H15NO. The van der Waals surface area contributed by atoms with Crippen LogP contribution in [0.4, 0.5) is 0 Å². The summed E-state index contributed by atoms with van der Waals surface area (Å²) in [6, 6.07) is 0. The lowest BCUT2D eigenvalue weighted by molar-refractivity contribution is 0.107. The van der Waals surface area contributed by atoms with Crippen molar-refractivity contribution >= 4 is 0 Å². The van der Waals surface area contributed by atoms with Crippen LogP contribution in [0.25, 0.3) is 0 Å². The zero-order valence-electron chi connectivity index (χ0n) is 7.22. The molecule has 62 valence electrons. The minimum absolute atomic E-state index is 0.758. The van der Waals surface area contributed by atoms with Crippen LogP contribution in [0.1, 0.15) is 20.3 Å². The van der Waals surface area contributed by atoms with Crippen molar-refractivity contribution in [3.8, 4) is 11.8 Å². The Morgan fingerprint density at radius 1 is 1.55 bits per heavy atom. The van der Waals surface area contributed by atoms with Crippen molar-refractivity contribution < 1.29 is 5.11 Å². The normalized spacial score (nSPS) is 21.7. The minimum Gasteiger partial charge on any atom is -0.378 e. The maximum Gasteiger partial charge on any atom is 0.123 e. The van der Waals surface area contributed by atoms with Crippen molar-refractivity contribution in [3.05, 3.63) is 0 Å². The molecule has 0 amide bonds. The number of rotatable bonds is 3. The highest BCUT2D eigenvalue weighted by Crippen LogP contribution is 2.12. The fourth-order valence-electron chi connectivity index (χ4n) is 1.00. The molecule has 2 nitrogen and oxygen atoms in total. The molecule has 1 saturated heterocycles. The Balaban J connectivity index is 2.24. The topological polar surface area (TPSA) is 23.2 Å². The van der Waals surface area contributed by atoms with Crippen molar-refractivity contribution in [2.45, 2.75) is 25.9 Å². The largest absolute Gasteiger partial charge is 0.378 e. The number of aliphatic hydroxyl groups is 1. The second kappa shape index (κ2) is 3.25. The highest BCUT2D eigenvalue weighted by atomic mass is 16.3. The first kappa shape index (κ1) is 8.58. The molecule has 1 unspecified atom stereocenters. The standard InChI is InChI=1S/C9H15NO/c1-3-4-9(2,11)5-6-10-7-8-10/h11H,5-8H2,1-2H3. The van der Waals surface area contributed by atoms with Gasteiger partial charge in [-0.1, -0.05) is 5.92 Å². The second-order valence-corrected chi connectivity index (χ2v) is 3.24. The molecule has 1 rings (SSSR count). The zero-order chi connectivity index (χ0) is 8.32. The van der Waals surface area contributed by atoms with Gasteiger partial charge in [-0.25, -0.2) is 0 Å². The van der Waals surface area contributed by atoms with E-state index in [1.54, 1.807) is 13.8 Å². The molecule has 2 heteroatoms. The summed E-state index contributed by atoms with van der Waals surface area (Å²) in [6.07, 6.45) is 0.758. The summed E-state index contributed by atoms with van der Waals surface area (Å²) in [5.74, 6) is 5.52. The second-order valence-electron chi connectivity index (χ2n) is 3.24. The van der Waals surface area contributed by atoms with Crippen LogP contribution in [0.3, 0.4) is 0 Å². The SMILES string of the molecule is CC#CC(C)(O)CCN1CC1. The van der Waals surface area contributed by atoms with Crippen LogP contribution >= 0.6 is 0 Å². The smallest absolute Gasteiger partial charge is 0.123 e. The van der Waals surface area contributed by atoms with E-state index < -0.39 is 5.60 Å². The zero-order valence-corrected chi connectivity index (χ0v) is 7.22. The third-order valence-electron chi connectivity index (χ3n) is 1.85. The lowest BCUT2D eigenvalue weighted by Gasteiger charge is -2.15. The van der Waals surface area contributed by atoms with E-state index in [2.05, 4.69) is 16.7 Å². The van der Waals surface area contributed by atoms with Gasteiger partial charge < -0.3 is 10.0 Å². The predicted molar refractivity (Wildman–Crippen MR) is 45.1 cm³/mol. The third-order valence-corrected chi connectivity index (χ3v) is 1.85. The molecule has 0 aromatic heterocycles. The average molecular weight is 153 g/mol. The molecule has 0 aromatic carbocycles. The summed E-state index contributed by atoms with van der Waals surface area (Å²) in [6.45, 7) is 6.88. The van der Waals surface area contributed by atoms with Gasteiger partial charge in [-0.15, -0.1) is 5.92 Å². The average Bonchev–Trinajstić information content (AvgIpc) is 2.65. The molecular weight excluding hydrogens is 138 g/mol. The Hall–Kier alpha value is -0.520. The summed E-state index contributed by atoms with van der Waals surface area (Å²) >= 11 is 0. The highest BCUT2D eigenvalue weighted by molar-refractivity contribution is 5.10. The Kier molecular flexibility index (Phi) is 2.53. The summed E-state index contributed by atoms with van der Waals surface area (Å²) in [5, 5.41) is 9.59. The van der Waals surface area contributed by atoms with Gasteiger partial charge in [-0.05, 0) is 20.3 Å². The first-order chi connectivity index (χ1) is 5.14. The van der Waals surface area contributed by atoms with Gasteiger partial charge in [0, 0.05) is 19.6 Å². The van der Waals surface area contributed by atoms with Gasteiger partial charge in [-0.3, -0.25) is 0 Å². The van der Waals surface area contributed by atoms with Crippen LogP contribution in [0.5, 0.6) is 0 Å². The van der Waals surface area contributed by atoms with E-state index in [0.29, 0.717) is 0 Å². The van der Waals surface area contributed by atoms with E-state index in [1.165, 1.54) is 13.1 Å². The molecule has 0 spiro atoms. The third kappa shape index (κ3) is 3.41. The molecule has 0 aliphatic carbocycles.